The summed E-state index contributed by atoms with van der Waals surface area (Å²) in [5.41, 5.74) is 10.6. The van der Waals surface area contributed by atoms with Crippen molar-refractivity contribution >= 4 is 27.5 Å². The number of carbonyl (C=O) groups is 2. The van der Waals surface area contributed by atoms with Gasteiger partial charge in [-0.15, -0.1) is 0 Å². The minimum Gasteiger partial charge on any atom is -0.352 e. The monoisotopic (exact) mass is 235 g/mol. The van der Waals surface area contributed by atoms with E-state index in [1.807, 2.05) is 0 Å². The van der Waals surface area contributed by atoms with Gasteiger partial charge in [-0.05, 0) is 5.56 Å². The first-order valence-corrected chi connectivity index (χ1v) is 4.93. The second-order valence-corrected chi connectivity index (χ2v) is 3.58. The molecule has 16 heavy (non-hydrogen) atoms. The molecule has 0 unspecified atom stereocenters. The molecule has 0 aliphatic heterocycles. The van der Waals surface area contributed by atoms with Crippen LogP contribution in [0.3, 0.4) is 0 Å². The number of nitrogens with one attached hydrogen (secondary N) is 2. The maximum absolute atomic E-state index is 10.8. The maximum atomic E-state index is 10.8. The van der Waals surface area contributed by atoms with E-state index in [4.69, 9.17) is 11.5 Å². The smallest absolute Gasteiger partial charge is 0.314 e. The molecule has 1 aromatic rings. The van der Waals surface area contributed by atoms with Crippen molar-refractivity contribution in [3.63, 3.8) is 0 Å². The number of amides is 4. The molecule has 3 radical (unpaired) electrons. The number of primary amides is 2. The Labute approximate surface area is 95.8 Å². The number of hydrogen-bond donors (Lipinski definition) is 4. The molecule has 7 heteroatoms. The van der Waals surface area contributed by atoms with E-state index in [2.05, 4.69) is 20.9 Å². The average molecular weight is 235 g/mol. The molecule has 0 aromatic heterocycles. The molecule has 0 aliphatic rings. The van der Waals surface area contributed by atoms with E-state index >= 15 is 0 Å². The zero-order chi connectivity index (χ0) is 12.1. The summed E-state index contributed by atoms with van der Waals surface area (Å²) >= 11 is 0. The van der Waals surface area contributed by atoms with Crippen LogP contribution in [0.15, 0.2) is 24.3 Å². The summed E-state index contributed by atoms with van der Waals surface area (Å²) < 4.78 is 0. The molecule has 6 N–H and O–H groups in total. The van der Waals surface area contributed by atoms with Gasteiger partial charge in [0.2, 0.25) is 0 Å². The summed E-state index contributed by atoms with van der Waals surface area (Å²) in [7, 11) is 3.35. The molecule has 0 atom stereocenters. The molecule has 83 valence electrons. The second kappa shape index (κ2) is 5.17. The van der Waals surface area contributed by atoms with Crippen molar-refractivity contribution in [2.75, 3.05) is 0 Å². The topological polar surface area (TPSA) is 110 Å². The van der Waals surface area contributed by atoms with Crippen LogP contribution in [-0.2, 0) is 0 Å². The molecule has 0 heterocycles. The third kappa shape index (κ3) is 3.28. The van der Waals surface area contributed by atoms with E-state index in [0.717, 1.165) is 5.19 Å². The lowest BCUT2D eigenvalue weighted by molar-refractivity contribution is 0.235. The van der Waals surface area contributed by atoms with Crippen molar-refractivity contribution in [3.05, 3.63) is 29.8 Å². The summed E-state index contributed by atoms with van der Waals surface area (Å²) in [5, 5.41) is 5.45. The van der Waals surface area contributed by atoms with Crippen LogP contribution >= 0.6 is 0 Å². The Bertz CT molecular complexity index is 394. The minimum absolute atomic E-state index is 0.650. The molecule has 4 amide bonds. The highest BCUT2D eigenvalue weighted by Crippen LogP contribution is 2.05. The number of rotatable bonds is 3. The van der Waals surface area contributed by atoms with Gasteiger partial charge in [0.15, 0.2) is 0 Å². The van der Waals surface area contributed by atoms with Crippen LogP contribution in [-0.4, -0.2) is 22.3 Å². The highest BCUT2D eigenvalue weighted by atomic mass is 28.1. The Kier molecular flexibility index (Phi) is 3.89. The van der Waals surface area contributed by atoms with Crippen LogP contribution in [0.1, 0.15) is 11.7 Å². The predicted molar refractivity (Wildman–Crippen MR) is 60.0 cm³/mol. The minimum atomic E-state index is -0.760. The van der Waals surface area contributed by atoms with Crippen molar-refractivity contribution in [3.8, 4) is 0 Å². The number of carbonyl (C=O) groups excluding carboxylic acids is 2. The van der Waals surface area contributed by atoms with Gasteiger partial charge < -0.3 is 22.1 Å². The fraction of sp³-hybridized carbons (Fsp3) is 0.111. The number of hydrogen-bond acceptors (Lipinski definition) is 2. The van der Waals surface area contributed by atoms with Crippen molar-refractivity contribution in [2.45, 2.75) is 6.17 Å². The fourth-order valence-electron chi connectivity index (χ4n) is 1.22. The third-order valence-corrected chi connectivity index (χ3v) is 2.30. The van der Waals surface area contributed by atoms with Gasteiger partial charge in [-0.25, -0.2) is 9.59 Å². The lowest BCUT2D eigenvalue weighted by Crippen LogP contribution is -2.46. The van der Waals surface area contributed by atoms with Gasteiger partial charge >= 0.3 is 12.1 Å². The highest BCUT2D eigenvalue weighted by Gasteiger charge is 2.15. The SMILES string of the molecule is NC(=O)NC(NC(N)=O)c1ccccc1[Si]. The van der Waals surface area contributed by atoms with Crippen LogP contribution < -0.4 is 27.3 Å². The van der Waals surface area contributed by atoms with Crippen molar-refractivity contribution in [1.82, 2.24) is 10.6 Å². The molecule has 0 aliphatic carbocycles. The largest absolute Gasteiger partial charge is 0.352 e. The van der Waals surface area contributed by atoms with E-state index < -0.39 is 18.2 Å². The Hall–Kier alpha value is -2.02. The van der Waals surface area contributed by atoms with Crippen LogP contribution in [0, 0.1) is 0 Å². The van der Waals surface area contributed by atoms with Crippen LogP contribution in [0.25, 0.3) is 0 Å². The van der Waals surface area contributed by atoms with Crippen LogP contribution in [0.4, 0.5) is 9.59 Å². The van der Waals surface area contributed by atoms with E-state index in [9.17, 15) is 9.59 Å². The second-order valence-electron chi connectivity index (χ2n) is 3.04. The molecule has 1 aromatic carbocycles. The summed E-state index contributed by atoms with van der Waals surface area (Å²) in [4.78, 5) is 21.6. The summed E-state index contributed by atoms with van der Waals surface area (Å²) in [5.74, 6) is 0. The average Bonchev–Trinajstić information content (AvgIpc) is 2.15. The Morgan fingerprint density at radius 3 is 2.06 bits per heavy atom. The molecule has 0 bridgehead atoms. The van der Waals surface area contributed by atoms with Gasteiger partial charge in [0.05, 0.1) is 10.2 Å². The van der Waals surface area contributed by atoms with E-state index in [1.165, 1.54) is 0 Å². The molecule has 0 fully saturated rings. The standard InChI is InChI=1S/C9H11N4O2Si/c10-8(14)12-7(13-9(11)15)5-3-1-2-4-6(5)16/h1-4,7H,(H3,10,12,14)(H3,11,13,15). The molecular formula is C9H11N4O2Si. The lowest BCUT2D eigenvalue weighted by atomic mass is 10.1. The van der Waals surface area contributed by atoms with Crippen molar-refractivity contribution in [2.24, 2.45) is 11.5 Å². The van der Waals surface area contributed by atoms with Gasteiger partial charge in [-0.2, -0.15) is 0 Å². The van der Waals surface area contributed by atoms with Gasteiger partial charge in [0, 0.05) is 0 Å². The zero-order valence-corrected chi connectivity index (χ0v) is 9.36. The van der Waals surface area contributed by atoms with Gasteiger partial charge in [-0.1, -0.05) is 29.5 Å². The van der Waals surface area contributed by atoms with Gasteiger partial charge in [-0.3, -0.25) is 0 Å². The number of nitrogens with two attached hydrogens (primary N) is 2. The summed E-state index contributed by atoms with van der Waals surface area (Å²) in [6.07, 6.45) is -0.760. The van der Waals surface area contributed by atoms with E-state index in [-0.39, 0.29) is 0 Å². The first-order valence-electron chi connectivity index (χ1n) is 4.43. The molecule has 0 spiro atoms. The zero-order valence-electron chi connectivity index (χ0n) is 8.36. The normalized spacial score (nSPS) is 9.88. The van der Waals surface area contributed by atoms with Crippen LogP contribution in [0.5, 0.6) is 0 Å². The lowest BCUT2D eigenvalue weighted by Gasteiger charge is -2.20. The van der Waals surface area contributed by atoms with Gasteiger partial charge in [0.1, 0.15) is 6.17 Å². The van der Waals surface area contributed by atoms with Crippen LogP contribution in [0.2, 0.25) is 0 Å². The highest BCUT2D eigenvalue weighted by molar-refractivity contribution is 6.33. The third-order valence-electron chi connectivity index (χ3n) is 1.84. The van der Waals surface area contributed by atoms with Gasteiger partial charge in [0.25, 0.3) is 0 Å². The first-order chi connectivity index (χ1) is 7.50. The van der Waals surface area contributed by atoms with E-state index in [0.29, 0.717) is 5.56 Å². The predicted octanol–water partition coefficient (Wildman–Crippen LogP) is -1.18. The molecule has 6 nitrogen and oxygen atoms in total. The quantitative estimate of drug-likeness (QED) is 0.390. The van der Waals surface area contributed by atoms with Crippen molar-refractivity contribution < 1.29 is 9.59 Å². The Balaban J connectivity index is 2.96. The number of benzene rings is 1. The molecule has 1 rings (SSSR count). The Morgan fingerprint density at radius 2 is 1.62 bits per heavy atom. The Morgan fingerprint density at radius 1 is 1.12 bits per heavy atom. The number of urea groups is 2. The van der Waals surface area contributed by atoms with Crippen molar-refractivity contribution in [1.29, 1.82) is 0 Å². The summed E-state index contributed by atoms with van der Waals surface area (Å²) in [6, 6.07) is 5.54. The molecule has 0 saturated carbocycles. The fourth-order valence-corrected chi connectivity index (χ4v) is 1.55. The first kappa shape index (κ1) is 12.0. The molecule has 0 saturated heterocycles. The van der Waals surface area contributed by atoms with E-state index in [1.54, 1.807) is 24.3 Å². The summed E-state index contributed by atoms with van der Waals surface area (Å²) in [6.45, 7) is 0. The molecular weight excluding hydrogens is 224 g/mol. The maximum Gasteiger partial charge on any atom is 0.314 e.